The zero-order valence-corrected chi connectivity index (χ0v) is 8.97. The number of fused-ring (bicyclic) bond motifs is 1. The summed E-state index contributed by atoms with van der Waals surface area (Å²) in [7, 11) is 0. The van der Waals surface area contributed by atoms with Crippen LogP contribution >= 0.6 is 0 Å². The lowest BCUT2D eigenvalue weighted by molar-refractivity contribution is 0.630. The van der Waals surface area contributed by atoms with Gasteiger partial charge in [-0.05, 0) is 35.9 Å². The van der Waals surface area contributed by atoms with Crippen LogP contribution in [0.15, 0.2) is 55.0 Å². The molecule has 0 radical (unpaired) electrons. The summed E-state index contributed by atoms with van der Waals surface area (Å²) in [6.45, 7) is 0. The normalized spacial score (nSPS) is 10.6. The third-order valence-corrected chi connectivity index (χ3v) is 2.66. The molecule has 3 heteroatoms. The van der Waals surface area contributed by atoms with Crippen LogP contribution in [0.4, 0.5) is 4.39 Å². The molecule has 0 amide bonds. The van der Waals surface area contributed by atoms with Crippen LogP contribution in [0.25, 0.3) is 22.0 Å². The fourth-order valence-corrected chi connectivity index (χ4v) is 1.91. The van der Waals surface area contributed by atoms with Crippen molar-refractivity contribution in [2.45, 2.75) is 0 Å². The van der Waals surface area contributed by atoms with Crippen molar-refractivity contribution in [3.8, 4) is 11.1 Å². The summed E-state index contributed by atoms with van der Waals surface area (Å²) in [6, 6.07) is 10.4. The molecule has 0 saturated carbocycles. The maximum absolute atomic E-state index is 13.5. The van der Waals surface area contributed by atoms with Crippen LogP contribution in [0.3, 0.4) is 0 Å². The molecule has 0 aliphatic heterocycles. The summed E-state index contributed by atoms with van der Waals surface area (Å²) in [5.74, 6) is -0.252. The number of pyridine rings is 2. The van der Waals surface area contributed by atoms with Gasteiger partial charge >= 0.3 is 0 Å². The topological polar surface area (TPSA) is 25.8 Å². The van der Waals surface area contributed by atoms with Gasteiger partial charge in [-0.25, -0.2) is 4.39 Å². The first-order valence-electron chi connectivity index (χ1n) is 5.29. The van der Waals surface area contributed by atoms with E-state index in [2.05, 4.69) is 9.97 Å². The van der Waals surface area contributed by atoms with Crippen LogP contribution in [0, 0.1) is 5.82 Å². The van der Waals surface area contributed by atoms with E-state index in [9.17, 15) is 4.39 Å². The summed E-state index contributed by atoms with van der Waals surface area (Å²) in [4.78, 5) is 8.27. The van der Waals surface area contributed by atoms with Crippen molar-refractivity contribution in [1.82, 2.24) is 9.97 Å². The highest BCUT2D eigenvalue weighted by atomic mass is 19.1. The quantitative estimate of drug-likeness (QED) is 0.632. The molecule has 2 aromatic heterocycles. The zero-order valence-electron chi connectivity index (χ0n) is 8.97. The summed E-state index contributed by atoms with van der Waals surface area (Å²) < 4.78 is 13.5. The van der Waals surface area contributed by atoms with Gasteiger partial charge in [0.1, 0.15) is 5.82 Å². The summed E-state index contributed by atoms with van der Waals surface area (Å²) in [5.41, 5.74) is 2.52. The fourth-order valence-electron chi connectivity index (χ4n) is 1.91. The van der Waals surface area contributed by atoms with Crippen molar-refractivity contribution in [1.29, 1.82) is 0 Å². The molecule has 0 aliphatic carbocycles. The van der Waals surface area contributed by atoms with Crippen LogP contribution in [0.5, 0.6) is 0 Å². The second kappa shape index (κ2) is 3.94. The van der Waals surface area contributed by atoms with Crippen LogP contribution in [-0.2, 0) is 0 Å². The molecule has 0 bridgehead atoms. The molecule has 0 fully saturated rings. The second-order valence-electron chi connectivity index (χ2n) is 3.76. The fraction of sp³-hybridized carbons (Fsp3) is 0. The van der Waals surface area contributed by atoms with E-state index in [-0.39, 0.29) is 5.82 Å². The van der Waals surface area contributed by atoms with Crippen molar-refractivity contribution in [3.05, 3.63) is 60.8 Å². The van der Waals surface area contributed by atoms with Gasteiger partial charge in [-0.1, -0.05) is 6.07 Å². The molecule has 0 unspecified atom stereocenters. The van der Waals surface area contributed by atoms with Crippen LogP contribution < -0.4 is 0 Å². The van der Waals surface area contributed by atoms with Gasteiger partial charge in [0.05, 0.1) is 5.52 Å². The van der Waals surface area contributed by atoms with E-state index < -0.39 is 0 Å². The Labute approximate surface area is 97.8 Å². The Morgan fingerprint density at radius 1 is 0.941 bits per heavy atom. The highest BCUT2D eigenvalue weighted by Crippen LogP contribution is 2.27. The van der Waals surface area contributed by atoms with E-state index in [4.69, 9.17) is 0 Å². The molecule has 3 rings (SSSR count). The third kappa shape index (κ3) is 1.76. The van der Waals surface area contributed by atoms with Gasteiger partial charge in [0.15, 0.2) is 0 Å². The smallest absolute Gasteiger partial charge is 0.124 e. The minimum Gasteiger partial charge on any atom is -0.265 e. The Hall–Kier alpha value is -2.29. The van der Waals surface area contributed by atoms with Gasteiger partial charge in [0, 0.05) is 29.5 Å². The monoisotopic (exact) mass is 224 g/mol. The van der Waals surface area contributed by atoms with Crippen molar-refractivity contribution < 1.29 is 4.39 Å². The summed E-state index contributed by atoms with van der Waals surface area (Å²) >= 11 is 0. The largest absolute Gasteiger partial charge is 0.265 e. The van der Waals surface area contributed by atoms with E-state index in [1.807, 2.05) is 18.2 Å². The maximum Gasteiger partial charge on any atom is 0.124 e. The summed E-state index contributed by atoms with van der Waals surface area (Å²) in [5, 5.41) is 0.805. The second-order valence-corrected chi connectivity index (χ2v) is 3.76. The Kier molecular flexibility index (Phi) is 2.29. The molecule has 0 atom stereocenters. The number of benzene rings is 1. The number of hydrogen-bond acceptors (Lipinski definition) is 2. The molecule has 0 saturated heterocycles. The predicted molar refractivity (Wildman–Crippen MR) is 64.9 cm³/mol. The number of hydrogen-bond donors (Lipinski definition) is 0. The highest BCUT2D eigenvalue weighted by molar-refractivity contribution is 5.93. The van der Waals surface area contributed by atoms with Crippen molar-refractivity contribution in [3.63, 3.8) is 0 Å². The molecule has 2 heterocycles. The third-order valence-electron chi connectivity index (χ3n) is 2.66. The number of aromatic nitrogens is 2. The lowest BCUT2D eigenvalue weighted by Gasteiger charge is -2.05. The van der Waals surface area contributed by atoms with Gasteiger partial charge in [0.2, 0.25) is 0 Å². The molecule has 2 nitrogen and oxygen atoms in total. The lowest BCUT2D eigenvalue weighted by Crippen LogP contribution is -1.87. The van der Waals surface area contributed by atoms with Crippen molar-refractivity contribution in [2.75, 3.05) is 0 Å². The van der Waals surface area contributed by atoms with E-state index >= 15 is 0 Å². The zero-order chi connectivity index (χ0) is 11.7. The number of rotatable bonds is 1. The van der Waals surface area contributed by atoms with E-state index in [1.165, 1.54) is 12.1 Å². The Morgan fingerprint density at radius 3 is 2.59 bits per heavy atom. The van der Waals surface area contributed by atoms with Gasteiger partial charge in [-0.3, -0.25) is 9.97 Å². The van der Waals surface area contributed by atoms with Crippen LogP contribution in [-0.4, -0.2) is 9.97 Å². The van der Waals surface area contributed by atoms with E-state index in [0.29, 0.717) is 0 Å². The van der Waals surface area contributed by atoms with Crippen molar-refractivity contribution >= 4 is 10.9 Å². The first kappa shape index (κ1) is 9.90. The minimum atomic E-state index is -0.252. The molecule has 82 valence electrons. The molecule has 1 aromatic carbocycles. The highest BCUT2D eigenvalue weighted by Gasteiger charge is 2.06. The average Bonchev–Trinajstić information content (AvgIpc) is 2.39. The van der Waals surface area contributed by atoms with Crippen molar-refractivity contribution in [2.24, 2.45) is 0 Å². The molecular weight excluding hydrogens is 215 g/mol. The van der Waals surface area contributed by atoms with Gasteiger partial charge in [-0.2, -0.15) is 0 Å². The first-order chi connectivity index (χ1) is 8.34. The molecule has 3 aromatic rings. The van der Waals surface area contributed by atoms with Gasteiger partial charge in [0.25, 0.3) is 0 Å². The van der Waals surface area contributed by atoms with E-state index in [0.717, 1.165) is 22.0 Å². The average molecular weight is 224 g/mol. The predicted octanol–water partition coefficient (Wildman–Crippen LogP) is 3.44. The SMILES string of the molecule is Fc1cc(-c2ccncc2)c2ncccc2c1. The Balaban J connectivity index is 2.36. The number of nitrogens with zero attached hydrogens (tertiary/aromatic N) is 2. The van der Waals surface area contributed by atoms with Gasteiger partial charge in [-0.15, -0.1) is 0 Å². The molecule has 0 N–H and O–H groups in total. The van der Waals surface area contributed by atoms with Crippen LogP contribution in [0.1, 0.15) is 0 Å². The molecule has 0 aliphatic rings. The Bertz CT molecular complexity index is 665. The maximum atomic E-state index is 13.5. The minimum absolute atomic E-state index is 0.252. The molecular formula is C14H9FN2. The first-order valence-corrected chi connectivity index (χ1v) is 5.29. The Morgan fingerprint density at radius 2 is 1.76 bits per heavy atom. The van der Waals surface area contributed by atoms with Gasteiger partial charge < -0.3 is 0 Å². The number of halogens is 1. The molecule has 0 spiro atoms. The summed E-state index contributed by atoms with van der Waals surface area (Å²) in [6.07, 6.45) is 5.09. The standard InChI is InChI=1S/C14H9FN2/c15-12-8-11-2-1-5-17-14(11)13(9-12)10-3-6-16-7-4-10/h1-9H. The van der Waals surface area contributed by atoms with E-state index in [1.54, 1.807) is 24.7 Å². The van der Waals surface area contributed by atoms with Crippen LogP contribution in [0.2, 0.25) is 0 Å². The molecule has 17 heavy (non-hydrogen) atoms. The lowest BCUT2D eigenvalue weighted by atomic mass is 10.0.